The Labute approximate surface area is 180 Å². The van der Waals surface area contributed by atoms with Gasteiger partial charge < -0.3 is 23.6 Å². The first-order valence-electron chi connectivity index (χ1n) is 10.1. The number of hydrogen-bond donors (Lipinski definition) is 0. The minimum atomic E-state index is -0.255. The van der Waals surface area contributed by atoms with Crippen molar-refractivity contribution in [2.75, 3.05) is 27.4 Å². The molecule has 31 heavy (non-hydrogen) atoms. The number of carbonyl (C=O) groups is 1. The molecule has 0 unspecified atom stereocenters. The van der Waals surface area contributed by atoms with Crippen LogP contribution in [0.3, 0.4) is 0 Å². The molecule has 0 spiro atoms. The van der Waals surface area contributed by atoms with E-state index in [1.165, 1.54) is 0 Å². The summed E-state index contributed by atoms with van der Waals surface area (Å²) in [5, 5.41) is 4.11. The quantitative estimate of drug-likeness (QED) is 0.571. The highest BCUT2D eigenvalue weighted by Gasteiger charge is 2.34. The lowest BCUT2D eigenvalue weighted by molar-refractivity contribution is -0.134. The first-order valence-corrected chi connectivity index (χ1v) is 10.1. The lowest BCUT2D eigenvalue weighted by atomic mass is 10.2. The van der Waals surface area contributed by atoms with Crippen LogP contribution in [-0.2, 0) is 4.79 Å². The number of hydrogen-bond acceptors (Lipinski definition) is 7. The molecule has 0 N–H and O–H groups in total. The summed E-state index contributed by atoms with van der Waals surface area (Å²) in [4.78, 5) is 19.1. The molecule has 0 bridgehead atoms. The van der Waals surface area contributed by atoms with E-state index in [4.69, 9.17) is 18.7 Å². The lowest BCUT2D eigenvalue weighted by Gasteiger charge is -2.21. The van der Waals surface area contributed by atoms with E-state index in [2.05, 4.69) is 10.1 Å². The third kappa shape index (κ3) is 4.47. The van der Waals surface area contributed by atoms with Gasteiger partial charge in [-0.05, 0) is 55.7 Å². The van der Waals surface area contributed by atoms with E-state index < -0.39 is 0 Å². The Morgan fingerprint density at radius 1 is 1.16 bits per heavy atom. The smallest absolute Gasteiger partial charge is 0.261 e. The Kier molecular flexibility index (Phi) is 6.06. The van der Waals surface area contributed by atoms with Crippen molar-refractivity contribution in [2.45, 2.75) is 25.8 Å². The normalized spacial score (nSPS) is 15.7. The topological polar surface area (TPSA) is 86.9 Å². The third-order valence-corrected chi connectivity index (χ3v) is 5.29. The van der Waals surface area contributed by atoms with Crippen molar-refractivity contribution in [1.82, 2.24) is 15.0 Å². The average Bonchev–Trinajstić information content (AvgIpc) is 3.46. The molecule has 3 aromatic rings. The van der Waals surface area contributed by atoms with Gasteiger partial charge in [0, 0.05) is 12.1 Å². The zero-order valence-corrected chi connectivity index (χ0v) is 17.8. The summed E-state index contributed by atoms with van der Waals surface area (Å²) in [6.45, 7) is 2.59. The molecule has 8 nitrogen and oxygen atoms in total. The van der Waals surface area contributed by atoms with Crippen LogP contribution in [0.5, 0.6) is 17.2 Å². The number of aromatic nitrogens is 2. The van der Waals surface area contributed by atoms with Gasteiger partial charge in [0.05, 0.1) is 14.2 Å². The number of carbonyl (C=O) groups excluding carboxylic acids is 1. The van der Waals surface area contributed by atoms with Gasteiger partial charge in [-0.1, -0.05) is 17.3 Å². The average molecular weight is 423 g/mol. The van der Waals surface area contributed by atoms with Crippen molar-refractivity contribution in [3.05, 3.63) is 53.9 Å². The molecule has 1 aliphatic rings. The summed E-state index contributed by atoms with van der Waals surface area (Å²) in [7, 11) is 3.16. The molecule has 1 aromatic heterocycles. The molecule has 4 rings (SSSR count). The zero-order chi connectivity index (χ0) is 21.8. The van der Waals surface area contributed by atoms with Gasteiger partial charge in [-0.3, -0.25) is 4.79 Å². The highest BCUT2D eigenvalue weighted by Crippen LogP contribution is 2.34. The van der Waals surface area contributed by atoms with Crippen molar-refractivity contribution in [1.29, 1.82) is 0 Å². The summed E-state index contributed by atoms with van der Waals surface area (Å²) in [5.74, 6) is 2.64. The van der Waals surface area contributed by atoms with E-state index in [1.807, 2.05) is 37.3 Å². The second-order valence-corrected chi connectivity index (χ2v) is 7.38. The van der Waals surface area contributed by atoms with Crippen molar-refractivity contribution in [3.8, 4) is 28.6 Å². The number of amides is 1. The fourth-order valence-corrected chi connectivity index (χ4v) is 3.72. The SMILES string of the molecule is COc1ccc(-c2noc([C@@H]3CCCN3C(=O)COc3cccc(C)c3)n2)cc1OC. The number of likely N-dealkylation sites (tertiary alicyclic amines) is 1. The van der Waals surface area contributed by atoms with Crippen LogP contribution in [-0.4, -0.2) is 48.3 Å². The Bertz CT molecular complexity index is 1060. The number of benzene rings is 2. The largest absolute Gasteiger partial charge is 0.493 e. The van der Waals surface area contributed by atoms with E-state index in [0.29, 0.717) is 35.5 Å². The van der Waals surface area contributed by atoms with Crippen LogP contribution >= 0.6 is 0 Å². The van der Waals surface area contributed by atoms with E-state index in [1.54, 1.807) is 31.3 Å². The first-order chi connectivity index (χ1) is 15.1. The monoisotopic (exact) mass is 423 g/mol. The maximum atomic E-state index is 12.8. The van der Waals surface area contributed by atoms with Crippen LogP contribution in [0.1, 0.15) is 30.3 Å². The highest BCUT2D eigenvalue weighted by atomic mass is 16.5. The summed E-state index contributed by atoms with van der Waals surface area (Å²) >= 11 is 0. The van der Waals surface area contributed by atoms with Crippen molar-refractivity contribution in [2.24, 2.45) is 0 Å². The van der Waals surface area contributed by atoms with Crippen LogP contribution in [0.25, 0.3) is 11.4 Å². The van der Waals surface area contributed by atoms with E-state index >= 15 is 0 Å². The fourth-order valence-electron chi connectivity index (χ4n) is 3.72. The molecule has 0 saturated carbocycles. The maximum Gasteiger partial charge on any atom is 0.261 e. The maximum absolute atomic E-state index is 12.8. The van der Waals surface area contributed by atoms with E-state index in [9.17, 15) is 4.79 Å². The molecule has 0 radical (unpaired) electrons. The van der Waals surface area contributed by atoms with Crippen LogP contribution in [0.2, 0.25) is 0 Å². The summed E-state index contributed by atoms with van der Waals surface area (Å²) in [5.41, 5.74) is 1.82. The number of rotatable bonds is 7. The van der Waals surface area contributed by atoms with E-state index in [-0.39, 0.29) is 18.6 Å². The van der Waals surface area contributed by atoms with Gasteiger partial charge in [0.1, 0.15) is 11.8 Å². The number of methoxy groups -OCH3 is 2. The summed E-state index contributed by atoms with van der Waals surface area (Å²) < 4.78 is 21.8. The van der Waals surface area contributed by atoms with Gasteiger partial charge in [-0.2, -0.15) is 4.98 Å². The number of aryl methyl sites for hydroxylation is 1. The van der Waals surface area contributed by atoms with Crippen molar-refractivity contribution < 1.29 is 23.5 Å². The van der Waals surface area contributed by atoms with Crippen LogP contribution in [0, 0.1) is 6.92 Å². The molecule has 162 valence electrons. The molecule has 1 saturated heterocycles. The van der Waals surface area contributed by atoms with Crippen LogP contribution in [0.15, 0.2) is 47.0 Å². The minimum absolute atomic E-state index is 0.0311. The molecular weight excluding hydrogens is 398 g/mol. The molecule has 2 aromatic carbocycles. The van der Waals surface area contributed by atoms with Gasteiger partial charge in [0.2, 0.25) is 11.7 Å². The molecule has 8 heteroatoms. The van der Waals surface area contributed by atoms with Crippen molar-refractivity contribution >= 4 is 5.91 Å². The molecule has 0 aliphatic carbocycles. The second-order valence-electron chi connectivity index (χ2n) is 7.38. The summed E-state index contributed by atoms with van der Waals surface area (Å²) in [6.07, 6.45) is 1.64. The molecule has 1 fully saturated rings. The highest BCUT2D eigenvalue weighted by molar-refractivity contribution is 5.78. The van der Waals surface area contributed by atoms with E-state index in [0.717, 1.165) is 24.0 Å². The number of ether oxygens (including phenoxy) is 3. The Hall–Kier alpha value is -3.55. The Morgan fingerprint density at radius 2 is 2.00 bits per heavy atom. The second kappa shape index (κ2) is 9.07. The zero-order valence-electron chi connectivity index (χ0n) is 17.8. The Balaban J connectivity index is 1.47. The third-order valence-electron chi connectivity index (χ3n) is 5.29. The number of nitrogens with zero attached hydrogens (tertiary/aromatic N) is 3. The predicted molar refractivity (Wildman–Crippen MR) is 113 cm³/mol. The van der Waals surface area contributed by atoms with Crippen LogP contribution < -0.4 is 14.2 Å². The Morgan fingerprint density at radius 3 is 2.77 bits per heavy atom. The van der Waals surface area contributed by atoms with Crippen LogP contribution in [0.4, 0.5) is 0 Å². The molecule has 2 heterocycles. The minimum Gasteiger partial charge on any atom is -0.493 e. The standard InChI is InChI=1S/C23H25N3O5/c1-15-6-4-7-17(12-15)30-14-21(27)26-11-5-8-18(26)23-24-22(25-31-23)16-9-10-19(28-2)20(13-16)29-3/h4,6-7,9-10,12-13,18H,5,8,11,14H2,1-3H3/t18-/m0/s1. The van der Waals surface area contributed by atoms with Gasteiger partial charge in [-0.15, -0.1) is 0 Å². The van der Waals surface area contributed by atoms with Gasteiger partial charge in [0.25, 0.3) is 5.91 Å². The molecule has 1 aliphatic heterocycles. The summed E-state index contributed by atoms with van der Waals surface area (Å²) in [6, 6.07) is 12.8. The molecular formula is C23H25N3O5. The van der Waals surface area contributed by atoms with Crippen molar-refractivity contribution in [3.63, 3.8) is 0 Å². The lowest BCUT2D eigenvalue weighted by Crippen LogP contribution is -2.34. The first kappa shape index (κ1) is 20.7. The van der Waals surface area contributed by atoms with Gasteiger partial charge in [-0.25, -0.2) is 0 Å². The van der Waals surface area contributed by atoms with Gasteiger partial charge in [0.15, 0.2) is 18.1 Å². The fraction of sp³-hybridized carbons (Fsp3) is 0.348. The predicted octanol–water partition coefficient (Wildman–Crippen LogP) is 3.80. The van der Waals surface area contributed by atoms with Gasteiger partial charge >= 0.3 is 0 Å². The molecule has 1 amide bonds. The molecule has 1 atom stereocenters.